The number of nitrogens with one attached hydrogen (secondary N) is 2. The second-order valence-corrected chi connectivity index (χ2v) is 6.97. The zero-order chi connectivity index (χ0) is 20.3. The van der Waals surface area contributed by atoms with Gasteiger partial charge in [-0.2, -0.15) is 5.10 Å². The molecule has 6 heteroatoms. The number of amides is 2. The summed E-state index contributed by atoms with van der Waals surface area (Å²) in [4.78, 5) is 24.6. The van der Waals surface area contributed by atoms with Crippen molar-refractivity contribution in [2.45, 2.75) is 27.7 Å². The summed E-state index contributed by atoms with van der Waals surface area (Å²) in [6, 6.07) is 16.8. The third kappa shape index (κ3) is 4.11. The van der Waals surface area contributed by atoms with Crippen LogP contribution in [0.15, 0.2) is 54.6 Å². The first kappa shape index (κ1) is 19.4. The fraction of sp³-hybridized carbons (Fsp3) is 0.227. The number of hydrogen-bond donors (Lipinski definition) is 2. The maximum atomic E-state index is 12.8. The number of carbonyl (C=O) groups excluding carboxylic acids is 2. The molecule has 0 unspecified atom stereocenters. The Bertz CT molecular complexity index is 989. The van der Waals surface area contributed by atoms with Crippen LogP contribution in [0, 0.1) is 19.8 Å². The van der Waals surface area contributed by atoms with E-state index in [4.69, 9.17) is 0 Å². The molecule has 0 bridgehead atoms. The Hall–Kier alpha value is -3.41. The molecule has 1 aromatic heterocycles. The molecule has 1 heterocycles. The molecule has 0 radical (unpaired) electrons. The monoisotopic (exact) mass is 376 g/mol. The predicted octanol–water partition coefficient (Wildman–Crippen LogP) is 4.34. The molecular formula is C22H24N4O2. The van der Waals surface area contributed by atoms with Crippen molar-refractivity contribution >= 4 is 23.2 Å². The SMILES string of the molecule is Cc1nn(-c2ccccc2)c(C)c1C(=O)Nc1ccc(NC(=O)C(C)C)cc1. The summed E-state index contributed by atoms with van der Waals surface area (Å²) >= 11 is 0. The van der Waals surface area contributed by atoms with Gasteiger partial charge >= 0.3 is 0 Å². The zero-order valence-corrected chi connectivity index (χ0v) is 16.5. The number of para-hydroxylation sites is 1. The topological polar surface area (TPSA) is 76.0 Å². The molecule has 0 fully saturated rings. The van der Waals surface area contributed by atoms with Crippen molar-refractivity contribution in [3.63, 3.8) is 0 Å². The fourth-order valence-electron chi connectivity index (χ4n) is 2.91. The summed E-state index contributed by atoms with van der Waals surface area (Å²) in [7, 11) is 0. The van der Waals surface area contributed by atoms with E-state index < -0.39 is 0 Å². The molecule has 0 saturated heterocycles. The second-order valence-electron chi connectivity index (χ2n) is 6.97. The largest absolute Gasteiger partial charge is 0.326 e. The maximum absolute atomic E-state index is 12.8. The van der Waals surface area contributed by atoms with Crippen molar-refractivity contribution in [2.75, 3.05) is 10.6 Å². The zero-order valence-electron chi connectivity index (χ0n) is 16.5. The van der Waals surface area contributed by atoms with Gasteiger partial charge in [-0.3, -0.25) is 9.59 Å². The lowest BCUT2D eigenvalue weighted by Gasteiger charge is -2.10. The number of nitrogens with zero attached hydrogens (tertiary/aromatic N) is 2. The van der Waals surface area contributed by atoms with Crippen molar-refractivity contribution in [3.05, 3.63) is 71.5 Å². The standard InChI is InChI=1S/C22H24N4O2/c1-14(2)21(27)23-17-10-12-18(13-11-17)24-22(28)20-15(3)25-26(16(20)4)19-8-6-5-7-9-19/h5-14H,1-4H3,(H,23,27)(H,24,28). The highest BCUT2D eigenvalue weighted by atomic mass is 16.2. The van der Waals surface area contributed by atoms with Gasteiger partial charge in [0.05, 0.1) is 22.6 Å². The van der Waals surface area contributed by atoms with E-state index in [0.29, 0.717) is 22.6 Å². The Morgan fingerprint density at radius 1 is 0.893 bits per heavy atom. The molecular weight excluding hydrogens is 352 g/mol. The summed E-state index contributed by atoms with van der Waals surface area (Å²) in [5, 5.41) is 10.2. The van der Waals surface area contributed by atoms with Crippen LogP contribution in [0.25, 0.3) is 5.69 Å². The normalized spacial score (nSPS) is 10.8. The number of benzene rings is 2. The lowest BCUT2D eigenvalue weighted by atomic mass is 10.1. The lowest BCUT2D eigenvalue weighted by Crippen LogP contribution is -2.18. The van der Waals surface area contributed by atoms with Crippen LogP contribution in [0.5, 0.6) is 0 Å². The summed E-state index contributed by atoms with van der Waals surface area (Å²) in [6.07, 6.45) is 0. The van der Waals surface area contributed by atoms with E-state index in [1.165, 1.54) is 0 Å². The number of aromatic nitrogens is 2. The molecule has 0 aliphatic rings. The summed E-state index contributed by atoms with van der Waals surface area (Å²) in [5.41, 5.74) is 4.26. The van der Waals surface area contributed by atoms with E-state index in [9.17, 15) is 9.59 Å². The van der Waals surface area contributed by atoms with E-state index in [1.807, 2.05) is 58.0 Å². The molecule has 144 valence electrons. The molecule has 0 atom stereocenters. The smallest absolute Gasteiger partial charge is 0.259 e. The van der Waals surface area contributed by atoms with Crippen LogP contribution >= 0.6 is 0 Å². The highest BCUT2D eigenvalue weighted by molar-refractivity contribution is 6.06. The molecule has 0 aliphatic heterocycles. The molecule has 6 nitrogen and oxygen atoms in total. The molecule has 3 rings (SSSR count). The number of rotatable bonds is 5. The van der Waals surface area contributed by atoms with Gasteiger partial charge in [-0.15, -0.1) is 0 Å². The van der Waals surface area contributed by atoms with E-state index in [-0.39, 0.29) is 17.7 Å². The van der Waals surface area contributed by atoms with E-state index in [0.717, 1.165) is 11.4 Å². The molecule has 0 saturated carbocycles. The second kappa shape index (κ2) is 8.08. The number of anilines is 2. The lowest BCUT2D eigenvalue weighted by molar-refractivity contribution is -0.118. The summed E-state index contributed by atoms with van der Waals surface area (Å²) in [5.74, 6) is -0.348. The van der Waals surface area contributed by atoms with Crippen molar-refractivity contribution in [3.8, 4) is 5.69 Å². The Morgan fingerprint density at radius 2 is 1.46 bits per heavy atom. The van der Waals surface area contributed by atoms with E-state index in [2.05, 4.69) is 15.7 Å². The Kier molecular flexibility index (Phi) is 5.59. The average molecular weight is 376 g/mol. The van der Waals surface area contributed by atoms with Crippen LogP contribution in [-0.4, -0.2) is 21.6 Å². The number of aryl methyl sites for hydroxylation is 1. The molecule has 2 N–H and O–H groups in total. The van der Waals surface area contributed by atoms with Crippen LogP contribution in [0.4, 0.5) is 11.4 Å². The van der Waals surface area contributed by atoms with E-state index >= 15 is 0 Å². The highest BCUT2D eigenvalue weighted by Crippen LogP contribution is 2.20. The van der Waals surface area contributed by atoms with Gasteiger partial charge in [-0.05, 0) is 50.2 Å². The van der Waals surface area contributed by atoms with Gasteiger partial charge < -0.3 is 10.6 Å². The molecule has 0 aliphatic carbocycles. The molecule has 0 spiro atoms. The third-order valence-corrected chi connectivity index (χ3v) is 4.45. The molecule has 28 heavy (non-hydrogen) atoms. The fourth-order valence-corrected chi connectivity index (χ4v) is 2.91. The van der Waals surface area contributed by atoms with Gasteiger partial charge in [0.25, 0.3) is 5.91 Å². The van der Waals surface area contributed by atoms with Crippen molar-refractivity contribution in [1.29, 1.82) is 0 Å². The highest BCUT2D eigenvalue weighted by Gasteiger charge is 2.19. The molecule has 2 aromatic carbocycles. The minimum absolute atomic E-state index is 0.0450. The molecule has 2 amide bonds. The predicted molar refractivity (Wildman–Crippen MR) is 111 cm³/mol. The minimum atomic E-state index is -0.212. The molecule has 3 aromatic rings. The first-order chi connectivity index (χ1) is 13.4. The van der Waals surface area contributed by atoms with Gasteiger partial charge in [0.2, 0.25) is 5.91 Å². The van der Waals surface area contributed by atoms with Crippen molar-refractivity contribution < 1.29 is 9.59 Å². The summed E-state index contributed by atoms with van der Waals surface area (Å²) < 4.78 is 1.77. The third-order valence-electron chi connectivity index (χ3n) is 4.45. The van der Waals surface area contributed by atoms with E-state index in [1.54, 1.807) is 28.9 Å². The maximum Gasteiger partial charge on any atom is 0.259 e. The van der Waals surface area contributed by atoms with Gasteiger partial charge in [0, 0.05) is 17.3 Å². The van der Waals surface area contributed by atoms with Gasteiger partial charge in [0.1, 0.15) is 0 Å². The number of carbonyl (C=O) groups is 2. The van der Waals surface area contributed by atoms with Crippen LogP contribution in [0.1, 0.15) is 35.6 Å². The van der Waals surface area contributed by atoms with Crippen LogP contribution in [0.2, 0.25) is 0 Å². The number of hydrogen-bond acceptors (Lipinski definition) is 3. The Balaban J connectivity index is 1.77. The van der Waals surface area contributed by atoms with Gasteiger partial charge in [-0.25, -0.2) is 4.68 Å². The first-order valence-electron chi connectivity index (χ1n) is 9.20. The van der Waals surface area contributed by atoms with Gasteiger partial charge in [0.15, 0.2) is 0 Å². The first-order valence-corrected chi connectivity index (χ1v) is 9.20. The van der Waals surface area contributed by atoms with Crippen LogP contribution in [-0.2, 0) is 4.79 Å². The van der Waals surface area contributed by atoms with Crippen molar-refractivity contribution in [1.82, 2.24) is 9.78 Å². The van der Waals surface area contributed by atoms with Gasteiger partial charge in [-0.1, -0.05) is 32.0 Å². The van der Waals surface area contributed by atoms with Crippen LogP contribution < -0.4 is 10.6 Å². The van der Waals surface area contributed by atoms with Crippen LogP contribution in [0.3, 0.4) is 0 Å². The average Bonchev–Trinajstić information content (AvgIpc) is 2.98. The summed E-state index contributed by atoms with van der Waals surface area (Å²) in [6.45, 7) is 7.38. The Labute approximate surface area is 164 Å². The minimum Gasteiger partial charge on any atom is -0.326 e. The quantitative estimate of drug-likeness (QED) is 0.696. The Morgan fingerprint density at radius 3 is 2.04 bits per heavy atom. The van der Waals surface area contributed by atoms with Crippen molar-refractivity contribution in [2.24, 2.45) is 5.92 Å².